The number of rotatable bonds is 8. The van der Waals surface area contributed by atoms with Crippen molar-refractivity contribution < 1.29 is 17.9 Å². The van der Waals surface area contributed by atoms with Crippen LogP contribution in [0.1, 0.15) is 49.4 Å². The Morgan fingerprint density at radius 3 is 2.70 bits per heavy atom. The fourth-order valence-corrected chi connectivity index (χ4v) is 5.38. The zero-order chi connectivity index (χ0) is 23.2. The van der Waals surface area contributed by atoms with Crippen LogP contribution in [-0.4, -0.2) is 30.9 Å². The first kappa shape index (κ1) is 21.8. The maximum atomic E-state index is 13.4. The van der Waals surface area contributed by atoms with E-state index in [-0.39, 0.29) is 4.90 Å². The summed E-state index contributed by atoms with van der Waals surface area (Å²) in [5.41, 5.74) is 2.09. The van der Waals surface area contributed by atoms with E-state index >= 15 is 0 Å². The highest BCUT2D eigenvalue weighted by Crippen LogP contribution is 2.51. The molecule has 0 saturated heterocycles. The molecule has 0 radical (unpaired) electrons. The number of hydrogen-bond donors (Lipinski definition) is 1. The number of carbonyl (C=O) groups excluding carboxylic acids is 1. The molecular formula is C25H27N3O4S. The highest BCUT2D eigenvalue weighted by atomic mass is 32.2. The van der Waals surface area contributed by atoms with Crippen LogP contribution in [0.2, 0.25) is 0 Å². The highest BCUT2D eigenvalue weighted by molar-refractivity contribution is 7.90. The van der Waals surface area contributed by atoms with Gasteiger partial charge in [-0.05, 0) is 80.8 Å². The lowest BCUT2D eigenvalue weighted by atomic mass is 9.94. The minimum atomic E-state index is -4.10. The number of ether oxygens (including phenoxy) is 1. The largest absolute Gasteiger partial charge is 0.477 e. The van der Waals surface area contributed by atoms with Crippen LogP contribution in [0, 0.1) is 12.8 Å². The molecule has 7 nitrogen and oxygen atoms in total. The minimum absolute atomic E-state index is 0.0438. The molecule has 2 fully saturated rings. The predicted molar refractivity (Wildman–Crippen MR) is 125 cm³/mol. The first-order valence-electron chi connectivity index (χ1n) is 11.4. The number of benzene rings is 1. The van der Waals surface area contributed by atoms with Gasteiger partial charge in [-0.1, -0.05) is 13.0 Å². The minimum Gasteiger partial charge on any atom is -0.477 e. The summed E-state index contributed by atoms with van der Waals surface area (Å²) in [6, 6.07) is 10.3. The number of aryl methyl sites for hydroxylation is 2. The van der Waals surface area contributed by atoms with Gasteiger partial charge in [-0.15, -0.1) is 0 Å². The van der Waals surface area contributed by atoms with Crippen molar-refractivity contribution in [3.05, 3.63) is 59.4 Å². The monoisotopic (exact) mass is 465 g/mol. The third-order valence-electron chi connectivity index (χ3n) is 6.52. The van der Waals surface area contributed by atoms with E-state index < -0.39 is 21.3 Å². The normalized spacial score (nSPS) is 17.0. The van der Waals surface area contributed by atoms with Crippen molar-refractivity contribution in [3.63, 3.8) is 0 Å². The van der Waals surface area contributed by atoms with Gasteiger partial charge in [0.1, 0.15) is 0 Å². The van der Waals surface area contributed by atoms with Crippen LogP contribution in [0.3, 0.4) is 0 Å². The molecule has 0 bridgehead atoms. The summed E-state index contributed by atoms with van der Waals surface area (Å²) < 4.78 is 34.9. The zero-order valence-corrected chi connectivity index (χ0v) is 19.6. The van der Waals surface area contributed by atoms with Crippen LogP contribution in [0.15, 0.2) is 47.5 Å². The van der Waals surface area contributed by atoms with E-state index in [9.17, 15) is 13.2 Å². The van der Waals surface area contributed by atoms with E-state index in [2.05, 4.69) is 14.7 Å². The lowest BCUT2D eigenvalue weighted by Gasteiger charge is -2.20. The average Bonchev–Trinajstić information content (AvgIpc) is 3.71. The molecule has 1 N–H and O–H groups in total. The first-order chi connectivity index (χ1) is 15.8. The maximum absolute atomic E-state index is 13.4. The van der Waals surface area contributed by atoms with Crippen molar-refractivity contribution >= 4 is 26.8 Å². The molecule has 0 spiro atoms. The summed E-state index contributed by atoms with van der Waals surface area (Å²) in [6.45, 7) is 4.44. The summed E-state index contributed by atoms with van der Waals surface area (Å²) in [7, 11) is -4.10. The summed E-state index contributed by atoms with van der Waals surface area (Å²) >= 11 is 0. The second-order valence-corrected chi connectivity index (χ2v) is 10.7. The lowest BCUT2D eigenvalue weighted by molar-refractivity contribution is -0.121. The van der Waals surface area contributed by atoms with Gasteiger partial charge in [0, 0.05) is 22.8 Å². The lowest BCUT2D eigenvalue weighted by Crippen LogP contribution is -2.39. The number of nitrogens with zero attached hydrogens (tertiary/aromatic N) is 2. The van der Waals surface area contributed by atoms with Crippen LogP contribution >= 0.6 is 0 Å². The maximum Gasteiger partial charge on any atom is 0.264 e. The number of sulfonamides is 1. The number of aromatic nitrogens is 2. The fourth-order valence-electron chi connectivity index (χ4n) is 4.11. The Kier molecular flexibility index (Phi) is 5.35. The quantitative estimate of drug-likeness (QED) is 0.543. The molecule has 2 heterocycles. The van der Waals surface area contributed by atoms with Gasteiger partial charge in [-0.25, -0.2) is 18.1 Å². The Labute approximate surface area is 193 Å². The molecule has 8 heteroatoms. The van der Waals surface area contributed by atoms with E-state index in [1.807, 2.05) is 19.9 Å². The molecule has 2 aromatic heterocycles. The Morgan fingerprint density at radius 2 is 2.00 bits per heavy atom. The third kappa shape index (κ3) is 4.19. The smallest absolute Gasteiger partial charge is 0.264 e. The van der Waals surface area contributed by atoms with Gasteiger partial charge < -0.3 is 4.74 Å². The highest BCUT2D eigenvalue weighted by Gasteiger charge is 2.54. The van der Waals surface area contributed by atoms with Gasteiger partial charge in [0.2, 0.25) is 11.8 Å². The van der Waals surface area contributed by atoms with E-state index in [1.165, 1.54) is 6.07 Å². The predicted octanol–water partition coefficient (Wildman–Crippen LogP) is 3.83. The van der Waals surface area contributed by atoms with Crippen molar-refractivity contribution in [1.29, 1.82) is 0 Å². The molecular weight excluding hydrogens is 438 g/mol. The Hall–Kier alpha value is -3.00. The van der Waals surface area contributed by atoms with Gasteiger partial charge in [-0.3, -0.25) is 9.78 Å². The SMILES string of the molecule is CCc1cnc(OCC2CC2)c(C2(C(=O)NS(=O)(=O)c3cccc4nc(C)ccc34)CC2)c1. The van der Waals surface area contributed by atoms with Crippen molar-refractivity contribution in [2.75, 3.05) is 6.61 Å². The van der Waals surface area contributed by atoms with Crippen LogP contribution in [0.4, 0.5) is 0 Å². The van der Waals surface area contributed by atoms with Crippen LogP contribution in [0.25, 0.3) is 10.9 Å². The Bertz CT molecular complexity index is 1350. The molecule has 33 heavy (non-hydrogen) atoms. The van der Waals surface area contributed by atoms with Gasteiger partial charge in [0.05, 0.1) is 22.4 Å². The topological polar surface area (TPSA) is 98.2 Å². The number of fused-ring (bicyclic) bond motifs is 1. The molecule has 1 amide bonds. The van der Waals surface area contributed by atoms with Crippen molar-refractivity contribution in [2.45, 2.75) is 56.3 Å². The summed E-state index contributed by atoms with van der Waals surface area (Å²) in [6.07, 6.45) is 5.93. The Balaban J connectivity index is 1.46. The molecule has 5 rings (SSSR count). The molecule has 0 unspecified atom stereocenters. The molecule has 172 valence electrons. The number of nitrogens with one attached hydrogen (secondary N) is 1. The zero-order valence-electron chi connectivity index (χ0n) is 18.8. The first-order valence-corrected chi connectivity index (χ1v) is 12.9. The summed E-state index contributed by atoms with van der Waals surface area (Å²) in [5, 5.41) is 0.483. The third-order valence-corrected chi connectivity index (χ3v) is 7.91. The second-order valence-electron chi connectivity index (χ2n) is 9.10. The van der Waals surface area contributed by atoms with Gasteiger partial charge >= 0.3 is 0 Å². The van der Waals surface area contributed by atoms with Crippen molar-refractivity contribution in [3.8, 4) is 5.88 Å². The van der Waals surface area contributed by atoms with Gasteiger partial charge in [0.25, 0.3) is 10.0 Å². The van der Waals surface area contributed by atoms with E-state index in [1.54, 1.807) is 30.5 Å². The molecule has 2 aliphatic carbocycles. The van der Waals surface area contributed by atoms with Crippen LogP contribution in [0.5, 0.6) is 5.88 Å². The van der Waals surface area contributed by atoms with E-state index in [0.717, 1.165) is 30.5 Å². The molecule has 0 aliphatic heterocycles. The van der Waals surface area contributed by atoms with Crippen molar-refractivity contribution in [1.82, 2.24) is 14.7 Å². The van der Waals surface area contributed by atoms with Crippen molar-refractivity contribution in [2.24, 2.45) is 5.92 Å². The number of pyridine rings is 2. The number of carbonyl (C=O) groups is 1. The van der Waals surface area contributed by atoms with Crippen LogP contribution in [-0.2, 0) is 26.7 Å². The average molecular weight is 466 g/mol. The van der Waals surface area contributed by atoms with Crippen LogP contribution < -0.4 is 9.46 Å². The standard InChI is InChI=1S/C25H27N3O4S/c1-3-17-13-20(23(26-14-17)32-15-18-8-9-18)25(11-12-25)24(29)28-33(30,31)22-6-4-5-21-19(22)10-7-16(2)27-21/h4-7,10,13-14,18H,3,8-9,11-12,15H2,1-2H3,(H,28,29). The fraction of sp³-hybridized carbons (Fsp3) is 0.400. The number of amides is 1. The molecule has 1 aromatic carbocycles. The summed E-state index contributed by atoms with van der Waals surface area (Å²) in [4.78, 5) is 22.4. The molecule has 3 aromatic rings. The molecule has 0 atom stereocenters. The Morgan fingerprint density at radius 1 is 1.21 bits per heavy atom. The number of hydrogen-bond acceptors (Lipinski definition) is 6. The molecule has 2 aliphatic rings. The van der Waals surface area contributed by atoms with Gasteiger partial charge in [0.15, 0.2) is 0 Å². The van der Waals surface area contributed by atoms with E-state index in [0.29, 0.717) is 47.7 Å². The molecule has 2 saturated carbocycles. The van der Waals surface area contributed by atoms with Gasteiger partial charge in [-0.2, -0.15) is 0 Å². The second kappa shape index (κ2) is 8.09. The summed E-state index contributed by atoms with van der Waals surface area (Å²) in [5.74, 6) is 0.443. The van der Waals surface area contributed by atoms with E-state index in [4.69, 9.17) is 4.74 Å².